The minimum atomic E-state index is -0.559. The van der Waals surface area contributed by atoms with E-state index in [1.54, 1.807) is 24.1 Å². The molecule has 0 spiro atoms. The van der Waals surface area contributed by atoms with Gasteiger partial charge in [0.2, 0.25) is 5.91 Å². The molecule has 2 N–H and O–H groups in total. The zero-order valence-corrected chi connectivity index (χ0v) is 21.7. The van der Waals surface area contributed by atoms with E-state index in [1.807, 2.05) is 40.0 Å². The van der Waals surface area contributed by atoms with Crippen LogP contribution in [0.4, 0.5) is 0 Å². The average Bonchev–Trinajstić information content (AvgIpc) is 3.35. The third kappa shape index (κ3) is 4.67. The molecule has 1 saturated carbocycles. The molecule has 1 aromatic heterocycles. The lowest BCUT2D eigenvalue weighted by atomic mass is 9.99. The van der Waals surface area contributed by atoms with Gasteiger partial charge in [-0.2, -0.15) is 0 Å². The first-order valence-corrected chi connectivity index (χ1v) is 13.5. The van der Waals surface area contributed by atoms with Crippen molar-refractivity contribution in [2.75, 3.05) is 26.7 Å². The number of hydrogen-bond acceptors (Lipinski definition) is 6. The monoisotopic (exact) mass is 514 g/mol. The number of nitrogens with two attached hydrogens (primary N) is 1. The van der Waals surface area contributed by atoms with Crippen molar-refractivity contribution >= 4 is 11.8 Å². The van der Waals surface area contributed by atoms with E-state index >= 15 is 0 Å². The van der Waals surface area contributed by atoms with Crippen LogP contribution in [0.1, 0.15) is 70.7 Å². The lowest BCUT2D eigenvalue weighted by Gasteiger charge is -2.28. The number of aromatic nitrogens is 3. The van der Waals surface area contributed by atoms with E-state index in [2.05, 4.69) is 22.4 Å². The Labute approximate surface area is 222 Å². The van der Waals surface area contributed by atoms with Gasteiger partial charge in [0.1, 0.15) is 11.8 Å². The molecule has 2 amide bonds. The highest BCUT2D eigenvalue weighted by Crippen LogP contribution is 2.40. The van der Waals surface area contributed by atoms with Crippen LogP contribution in [0.2, 0.25) is 0 Å². The number of carbonyl (C=O) groups excluding carboxylic acids is 2. The van der Waals surface area contributed by atoms with Crippen molar-refractivity contribution in [3.63, 3.8) is 0 Å². The first-order chi connectivity index (χ1) is 18.6. The number of carbonyl (C=O) groups is 2. The van der Waals surface area contributed by atoms with Crippen LogP contribution in [0.5, 0.6) is 5.75 Å². The maximum absolute atomic E-state index is 13.9. The van der Waals surface area contributed by atoms with Crippen LogP contribution in [0, 0.1) is 0 Å². The van der Waals surface area contributed by atoms with Gasteiger partial charge in [0, 0.05) is 61.8 Å². The largest absolute Gasteiger partial charge is 0.496 e. The van der Waals surface area contributed by atoms with E-state index in [4.69, 9.17) is 10.5 Å². The highest BCUT2D eigenvalue weighted by Gasteiger charge is 2.44. The fourth-order valence-corrected chi connectivity index (χ4v) is 5.88. The fourth-order valence-electron chi connectivity index (χ4n) is 5.88. The summed E-state index contributed by atoms with van der Waals surface area (Å²) in [7, 11) is 1.57. The van der Waals surface area contributed by atoms with Crippen LogP contribution in [0.15, 0.2) is 54.7 Å². The summed E-state index contributed by atoms with van der Waals surface area (Å²) in [4.78, 5) is 31.4. The number of likely N-dealkylation sites (tertiary alicyclic amines) is 2. The van der Waals surface area contributed by atoms with Gasteiger partial charge in [0.05, 0.1) is 18.8 Å². The maximum Gasteiger partial charge on any atom is 0.254 e. The summed E-state index contributed by atoms with van der Waals surface area (Å²) in [5.74, 6) is 1.20. The number of ether oxygens (including phenoxy) is 1. The van der Waals surface area contributed by atoms with Gasteiger partial charge in [0.25, 0.3) is 5.91 Å². The predicted octanol–water partition coefficient (Wildman–Crippen LogP) is 3.09. The van der Waals surface area contributed by atoms with E-state index in [1.165, 1.54) is 5.56 Å². The smallest absolute Gasteiger partial charge is 0.254 e. The van der Waals surface area contributed by atoms with Gasteiger partial charge in [0.15, 0.2) is 0 Å². The summed E-state index contributed by atoms with van der Waals surface area (Å²) in [5, 5.41) is 8.76. The topological polar surface area (TPSA) is 107 Å². The highest BCUT2D eigenvalue weighted by molar-refractivity contribution is 5.98. The minimum absolute atomic E-state index is 0.00681. The third-order valence-corrected chi connectivity index (χ3v) is 8.25. The molecule has 0 radical (unpaired) electrons. The first-order valence-electron chi connectivity index (χ1n) is 13.5. The van der Waals surface area contributed by atoms with Gasteiger partial charge >= 0.3 is 0 Å². The van der Waals surface area contributed by atoms with Crippen LogP contribution >= 0.6 is 0 Å². The zero-order chi connectivity index (χ0) is 26.2. The summed E-state index contributed by atoms with van der Waals surface area (Å²) >= 11 is 0. The van der Waals surface area contributed by atoms with Crippen LogP contribution in [0.25, 0.3) is 0 Å². The Hall–Kier alpha value is -3.72. The van der Waals surface area contributed by atoms with Gasteiger partial charge in [-0.25, -0.2) is 4.68 Å². The summed E-state index contributed by atoms with van der Waals surface area (Å²) in [6.07, 6.45) is 5.73. The van der Waals surface area contributed by atoms with Crippen molar-refractivity contribution in [2.24, 2.45) is 5.73 Å². The number of amides is 2. The van der Waals surface area contributed by atoms with E-state index in [0.29, 0.717) is 55.7 Å². The summed E-state index contributed by atoms with van der Waals surface area (Å²) in [5.41, 5.74) is 9.40. The molecule has 6 rings (SSSR count). The maximum atomic E-state index is 13.9. The molecule has 1 aliphatic carbocycles. The lowest BCUT2D eigenvalue weighted by Crippen LogP contribution is -2.47. The minimum Gasteiger partial charge on any atom is -0.496 e. The van der Waals surface area contributed by atoms with E-state index in [-0.39, 0.29) is 17.9 Å². The third-order valence-electron chi connectivity index (χ3n) is 8.25. The van der Waals surface area contributed by atoms with E-state index < -0.39 is 6.04 Å². The molecule has 38 heavy (non-hydrogen) atoms. The normalized spacial score (nSPS) is 23.2. The summed E-state index contributed by atoms with van der Waals surface area (Å²) in [6.45, 7) is 2.08. The van der Waals surface area contributed by atoms with E-state index in [9.17, 15) is 9.59 Å². The molecular weight excluding hydrogens is 480 g/mol. The zero-order valence-electron chi connectivity index (χ0n) is 21.7. The van der Waals surface area contributed by atoms with Crippen molar-refractivity contribution in [1.29, 1.82) is 0 Å². The van der Waals surface area contributed by atoms with Crippen LogP contribution in [-0.4, -0.2) is 69.4 Å². The Balaban J connectivity index is 1.26. The highest BCUT2D eigenvalue weighted by atomic mass is 16.5. The molecule has 3 heterocycles. The number of methoxy groups -OCH3 is 1. The second kappa shape index (κ2) is 10.2. The molecular formula is C29H34N6O3. The Bertz CT molecular complexity index is 1320. The lowest BCUT2D eigenvalue weighted by molar-refractivity contribution is -0.134. The number of nitrogens with zero attached hydrogens (tertiary/aromatic N) is 5. The molecule has 3 aliphatic rings. The second-order valence-corrected chi connectivity index (χ2v) is 10.7. The van der Waals surface area contributed by atoms with Crippen molar-refractivity contribution < 1.29 is 14.3 Å². The Kier molecular flexibility index (Phi) is 6.61. The molecule has 9 nitrogen and oxygen atoms in total. The molecule has 3 atom stereocenters. The van der Waals surface area contributed by atoms with Crippen molar-refractivity contribution in [3.8, 4) is 5.75 Å². The number of rotatable bonds is 7. The van der Waals surface area contributed by atoms with Crippen LogP contribution in [0.3, 0.4) is 0 Å². The summed E-state index contributed by atoms with van der Waals surface area (Å²) in [6, 6.07) is 15.0. The van der Waals surface area contributed by atoms with Crippen LogP contribution < -0.4 is 10.5 Å². The second-order valence-electron chi connectivity index (χ2n) is 10.7. The number of hydrogen-bond donors (Lipinski definition) is 1. The number of benzene rings is 2. The van der Waals surface area contributed by atoms with Gasteiger partial charge in [-0.05, 0) is 37.0 Å². The van der Waals surface area contributed by atoms with Gasteiger partial charge in [-0.15, -0.1) is 5.10 Å². The van der Waals surface area contributed by atoms with Gasteiger partial charge in [-0.1, -0.05) is 41.6 Å². The standard InChI is InChI=1S/C29H34N6O3/c1-38-27-13-21(9-10-22(27)15-30)28(36)34-17-24(35-18-25(31-32-35)20-7-8-20)14-26(34)29(37)33-12-11-23(16-33)19-5-3-2-4-6-19/h2-6,9-10,13,18,20,23-24,26H,7-8,11-12,14-17,30H2,1H3/t23-,24-,26-/m0/s1. The molecule has 2 aromatic carbocycles. The average molecular weight is 515 g/mol. The van der Waals surface area contributed by atoms with Gasteiger partial charge < -0.3 is 20.3 Å². The van der Waals surface area contributed by atoms with Crippen molar-refractivity contribution in [1.82, 2.24) is 24.8 Å². The Morgan fingerprint density at radius 1 is 1.05 bits per heavy atom. The molecule has 2 saturated heterocycles. The molecule has 9 heteroatoms. The molecule has 3 fully saturated rings. The predicted molar refractivity (Wildman–Crippen MR) is 142 cm³/mol. The van der Waals surface area contributed by atoms with Crippen LogP contribution in [-0.2, 0) is 11.3 Å². The quantitative estimate of drug-likeness (QED) is 0.519. The van der Waals surface area contributed by atoms with Crippen molar-refractivity contribution in [3.05, 3.63) is 77.1 Å². The van der Waals surface area contributed by atoms with E-state index in [0.717, 1.165) is 30.5 Å². The SMILES string of the molecule is COc1cc(C(=O)N2C[C@@H](n3cc(C4CC4)nn3)C[C@H]2C(=O)N2CC[C@H](c3ccccc3)C2)ccc1CN. The fraction of sp³-hybridized carbons (Fsp3) is 0.448. The van der Waals surface area contributed by atoms with Gasteiger partial charge in [-0.3, -0.25) is 9.59 Å². The molecule has 3 aromatic rings. The molecule has 0 unspecified atom stereocenters. The Morgan fingerprint density at radius 2 is 1.87 bits per heavy atom. The van der Waals surface area contributed by atoms with Crippen molar-refractivity contribution in [2.45, 2.75) is 56.1 Å². The molecule has 2 aliphatic heterocycles. The first kappa shape index (κ1) is 24.6. The Morgan fingerprint density at radius 3 is 2.61 bits per heavy atom. The molecule has 198 valence electrons. The summed E-state index contributed by atoms with van der Waals surface area (Å²) < 4.78 is 7.33. The molecule has 0 bridgehead atoms.